The van der Waals surface area contributed by atoms with E-state index in [0.717, 1.165) is 0 Å². The van der Waals surface area contributed by atoms with Crippen LogP contribution in [0, 0.1) is 35.5 Å². The summed E-state index contributed by atoms with van der Waals surface area (Å²) in [5.74, 6) is -3.27. The van der Waals surface area contributed by atoms with Gasteiger partial charge in [0.05, 0.1) is 47.9 Å². The van der Waals surface area contributed by atoms with E-state index in [-0.39, 0.29) is 71.7 Å². The van der Waals surface area contributed by atoms with Gasteiger partial charge in [-0.1, -0.05) is 80.9 Å². The van der Waals surface area contributed by atoms with Crippen LogP contribution in [0.3, 0.4) is 0 Å². The number of ether oxygens (including phenoxy) is 3. The number of benzene rings is 1. The van der Waals surface area contributed by atoms with Crippen LogP contribution < -0.4 is 20.1 Å². The normalized spacial score (nSPS) is 19.9. The predicted molar refractivity (Wildman–Crippen MR) is 278 cm³/mol. The zero-order valence-electron chi connectivity index (χ0n) is 46.0. The number of Topliss-reactive ketones (excluding diaryl/α,β-unsaturated/α-hetero) is 1. The number of rotatable bonds is 26. The second-order valence-corrected chi connectivity index (χ2v) is 23.7. The fourth-order valence-electron chi connectivity index (χ4n) is 10.5. The summed E-state index contributed by atoms with van der Waals surface area (Å²) in [6.45, 7) is 18.2. The zero-order chi connectivity index (χ0) is 54.6. The van der Waals surface area contributed by atoms with Crippen LogP contribution >= 0.6 is 0 Å². The molecule has 2 heterocycles. The van der Waals surface area contributed by atoms with Gasteiger partial charge in [-0.2, -0.15) is 0 Å². The van der Waals surface area contributed by atoms with Crippen molar-refractivity contribution in [3.8, 4) is 5.75 Å². The number of carbonyl (C=O) groups excluding carboxylic acids is 7. The molecule has 9 atom stereocenters. The number of sulfonamides is 1. The quantitative estimate of drug-likeness (QED) is 0.117. The summed E-state index contributed by atoms with van der Waals surface area (Å²) in [7, 11) is 4.34. The van der Waals surface area contributed by atoms with Gasteiger partial charge in [-0.3, -0.25) is 38.4 Å². The summed E-state index contributed by atoms with van der Waals surface area (Å²) in [4.78, 5) is 103. The molecular formula is C53H87N7O12S. The van der Waals surface area contributed by atoms with Gasteiger partial charge >= 0.3 is 6.09 Å². The second-order valence-electron chi connectivity index (χ2n) is 21.8. The largest absolute Gasteiger partial charge is 0.415 e. The van der Waals surface area contributed by atoms with E-state index in [9.17, 15) is 42.0 Å². The van der Waals surface area contributed by atoms with Crippen molar-refractivity contribution in [3.63, 3.8) is 0 Å². The summed E-state index contributed by atoms with van der Waals surface area (Å²) in [5, 5.41) is 5.11. The highest BCUT2D eigenvalue weighted by Crippen LogP contribution is 2.31. The molecule has 3 aliphatic rings. The Hall–Kier alpha value is -4.66. The van der Waals surface area contributed by atoms with Crippen molar-refractivity contribution in [2.75, 3.05) is 55.0 Å². The predicted octanol–water partition coefficient (Wildman–Crippen LogP) is 4.41. The summed E-state index contributed by atoms with van der Waals surface area (Å²) in [5.41, 5.74) is 0.546. The molecule has 1 aromatic rings. The first-order valence-corrected chi connectivity index (χ1v) is 27.9. The Morgan fingerprint density at radius 3 is 1.89 bits per heavy atom. The van der Waals surface area contributed by atoms with Gasteiger partial charge in [-0.05, 0) is 88.1 Å². The second kappa shape index (κ2) is 27.2. The van der Waals surface area contributed by atoms with Crippen molar-refractivity contribution < 1.29 is 56.2 Å². The molecule has 3 N–H and O–H groups in total. The Labute approximate surface area is 434 Å². The molecule has 1 aliphatic carbocycles. The van der Waals surface area contributed by atoms with Crippen molar-refractivity contribution >= 4 is 51.4 Å². The molecule has 0 spiro atoms. The van der Waals surface area contributed by atoms with E-state index in [1.165, 1.54) is 14.2 Å². The van der Waals surface area contributed by atoms with E-state index in [0.29, 0.717) is 70.1 Å². The third-order valence-electron chi connectivity index (χ3n) is 15.1. The molecule has 2 saturated heterocycles. The van der Waals surface area contributed by atoms with Crippen LogP contribution in [0.15, 0.2) is 24.3 Å². The maximum absolute atomic E-state index is 14.5. The third-order valence-corrected chi connectivity index (χ3v) is 16.9. The van der Waals surface area contributed by atoms with Gasteiger partial charge in [0.25, 0.3) is 5.91 Å². The number of likely N-dealkylation sites (tertiary alicyclic amines) is 2. The molecule has 1 saturated carbocycles. The van der Waals surface area contributed by atoms with Crippen molar-refractivity contribution in [1.82, 2.24) is 35.0 Å². The molecule has 20 heteroatoms. The molecule has 412 valence electrons. The van der Waals surface area contributed by atoms with Crippen molar-refractivity contribution in [1.29, 1.82) is 0 Å². The molecule has 6 amide bonds. The topological polar surface area (TPSA) is 230 Å². The van der Waals surface area contributed by atoms with E-state index in [1.807, 2.05) is 74.4 Å². The lowest BCUT2D eigenvalue weighted by Crippen LogP contribution is -2.59. The Morgan fingerprint density at radius 2 is 1.38 bits per heavy atom. The average Bonchev–Trinajstić information content (AvgIpc) is 4.10. The SMILES string of the molecule is CC[C@H](C)[C@@H]([C@@H](CC(=O)N1CCC[C@H]1[C@H](OC)[C@@H](C)C(=O)N[C@@H](Cc1ccc(OC(=O)N2CCC(C(=O)C(C)C)CC2)cc1)C(=O)NS(=O)(=O)C1CC1)OC)N(C)C(=O)[C@@H](NC(=O)C(C(C)C)N(C)C)C(C)C. The molecule has 73 heavy (non-hydrogen) atoms. The fourth-order valence-corrected chi connectivity index (χ4v) is 11.9. The Bertz CT molecular complexity index is 2150. The molecule has 2 aliphatic heterocycles. The number of methoxy groups -OCH3 is 2. The molecule has 3 fully saturated rings. The lowest BCUT2D eigenvalue weighted by Gasteiger charge is -2.41. The Morgan fingerprint density at radius 1 is 0.767 bits per heavy atom. The lowest BCUT2D eigenvalue weighted by molar-refractivity contribution is -0.148. The molecule has 0 radical (unpaired) electrons. The van der Waals surface area contributed by atoms with Gasteiger partial charge in [0.1, 0.15) is 23.6 Å². The number of likely N-dealkylation sites (N-methyl/N-ethyl adjacent to an activating group) is 2. The van der Waals surface area contributed by atoms with E-state index < -0.39 is 81.5 Å². The third kappa shape index (κ3) is 16.2. The monoisotopic (exact) mass is 1050 g/mol. The summed E-state index contributed by atoms with van der Waals surface area (Å²) in [6, 6.07) is 2.67. The van der Waals surface area contributed by atoms with E-state index in [2.05, 4.69) is 15.4 Å². The van der Waals surface area contributed by atoms with Crippen molar-refractivity contribution in [2.45, 2.75) is 168 Å². The molecule has 4 rings (SSSR count). The minimum atomic E-state index is -3.98. The van der Waals surface area contributed by atoms with E-state index in [1.54, 1.807) is 52.9 Å². The first-order valence-electron chi connectivity index (χ1n) is 26.3. The molecule has 1 unspecified atom stereocenters. The van der Waals surface area contributed by atoms with Gasteiger partial charge in [-0.15, -0.1) is 0 Å². The zero-order valence-corrected chi connectivity index (χ0v) is 46.8. The van der Waals surface area contributed by atoms with Gasteiger partial charge in [-0.25, -0.2) is 13.2 Å². The number of amides is 6. The van der Waals surface area contributed by atoms with Crippen LogP contribution in [-0.2, 0) is 54.7 Å². The number of carbonyl (C=O) groups is 7. The fraction of sp³-hybridized carbons (Fsp3) is 0.755. The van der Waals surface area contributed by atoms with Gasteiger partial charge < -0.3 is 39.5 Å². The number of nitrogens with zero attached hydrogens (tertiary/aromatic N) is 4. The number of hydrogen-bond acceptors (Lipinski definition) is 13. The molecular weight excluding hydrogens is 959 g/mol. The maximum Gasteiger partial charge on any atom is 0.415 e. The highest BCUT2D eigenvalue weighted by Gasteiger charge is 2.44. The summed E-state index contributed by atoms with van der Waals surface area (Å²) < 4.78 is 45.8. The van der Waals surface area contributed by atoms with Gasteiger partial charge in [0.15, 0.2) is 0 Å². The van der Waals surface area contributed by atoms with Crippen LogP contribution in [0.2, 0.25) is 0 Å². The van der Waals surface area contributed by atoms with Crippen LogP contribution in [0.4, 0.5) is 4.79 Å². The van der Waals surface area contributed by atoms with E-state index >= 15 is 0 Å². The van der Waals surface area contributed by atoms with Crippen LogP contribution in [0.1, 0.15) is 119 Å². The standard InChI is InChI=1S/C53H87N7O12S/c1-15-34(8)46(58(12)52(66)44(31(2)3)55-51(65)45(32(4)5)57(10)11)42(70-13)30-43(61)60-26-16-17-41(60)48(71-14)35(9)49(63)54-40(50(64)56-73(68,69)39-22-23-39)29-36-18-20-38(21-19-36)72-53(67)59-27-24-37(25-28-59)47(62)33(6)7/h18-21,31-35,37,39-42,44-46,48H,15-17,22-30H2,1-14H3,(H,54,63)(H,55,65)(H,56,64)/t34-,35+,40-,41-,42+,44-,45?,46-,48+/m0/s1. The van der Waals surface area contributed by atoms with Gasteiger partial charge in [0, 0.05) is 59.2 Å². The Kier molecular flexibility index (Phi) is 22.7. The summed E-state index contributed by atoms with van der Waals surface area (Å²) >= 11 is 0. The minimum Gasteiger partial charge on any atom is -0.410 e. The van der Waals surface area contributed by atoms with E-state index in [4.69, 9.17) is 14.2 Å². The minimum absolute atomic E-state index is 0.000487. The highest BCUT2D eigenvalue weighted by atomic mass is 32.2. The van der Waals surface area contributed by atoms with Crippen LogP contribution in [0.25, 0.3) is 0 Å². The number of ketones is 1. The Balaban J connectivity index is 1.48. The van der Waals surface area contributed by atoms with Crippen LogP contribution in [0.5, 0.6) is 5.75 Å². The van der Waals surface area contributed by atoms with Crippen molar-refractivity contribution in [2.24, 2.45) is 35.5 Å². The lowest BCUT2D eigenvalue weighted by atomic mass is 9.87. The van der Waals surface area contributed by atoms with Crippen LogP contribution in [-0.4, -0.2) is 172 Å². The smallest absolute Gasteiger partial charge is 0.410 e. The number of hydrogen-bond donors (Lipinski definition) is 3. The average molecular weight is 1050 g/mol. The molecule has 0 aromatic heterocycles. The number of nitrogens with one attached hydrogen (secondary N) is 3. The maximum atomic E-state index is 14.5. The van der Waals surface area contributed by atoms with Gasteiger partial charge in [0.2, 0.25) is 33.7 Å². The molecule has 0 bridgehead atoms. The number of piperidine rings is 1. The first-order chi connectivity index (χ1) is 34.3. The first kappa shape index (κ1) is 60.9. The molecule has 1 aromatic carbocycles. The molecule has 19 nitrogen and oxygen atoms in total. The van der Waals surface area contributed by atoms with Crippen molar-refractivity contribution in [3.05, 3.63) is 29.8 Å². The summed E-state index contributed by atoms with van der Waals surface area (Å²) in [6.07, 6.45) is 1.49. The highest BCUT2D eigenvalue weighted by molar-refractivity contribution is 7.90.